The van der Waals surface area contributed by atoms with Crippen LogP contribution in [0.4, 0.5) is 11.4 Å². The van der Waals surface area contributed by atoms with E-state index in [0.29, 0.717) is 58.2 Å². The highest BCUT2D eigenvalue weighted by molar-refractivity contribution is 7.92. The van der Waals surface area contributed by atoms with Gasteiger partial charge in [-0.1, -0.05) is 76.9 Å². The predicted octanol–water partition coefficient (Wildman–Crippen LogP) is 11.7. The van der Waals surface area contributed by atoms with Gasteiger partial charge in [-0.15, -0.1) is 0 Å². The SMILES string of the molecule is CC1=NN(c2ccc(C(=O)O)cc2)C(=O)C1=Cc1c(C)[nH]n(-c2ccc(C(=O)O)cc2)c1=O.COC(=O)C(C)n1cc(C=C2C(=O)ON=C2c2ccc(NS(=O)(=O)c3cccc(C(=O)OCCC(C)OC)c3)cc2)c2ccccc21.Cc1cc(C)c(O)c(Cc2cc(C)cc(C)c2O)c1. The highest BCUT2D eigenvalue weighted by Gasteiger charge is 2.31. The number of H-pyrrole nitrogens is 1. The molecule has 4 heterocycles. The summed E-state index contributed by atoms with van der Waals surface area (Å²) in [7, 11) is -1.18. The summed E-state index contributed by atoms with van der Waals surface area (Å²) in [6, 6.07) is 38.0. The van der Waals surface area contributed by atoms with Crippen LogP contribution in [0.15, 0.2) is 183 Å². The van der Waals surface area contributed by atoms with E-state index >= 15 is 0 Å². The molecule has 0 aliphatic carbocycles. The zero-order chi connectivity index (χ0) is 71.7. The zero-order valence-corrected chi connectivity index (χ0v) is 56.4. The number of benzene rings is 7. The lowest BCUT2D eigenvalue weighted by Crippen LogP contribution is -2.22. The van der Waals surface area contributed by atoms with Gasteiger partial charge in [0.1, 0.15) is 23.3 Å². The molecule has 11 rings (SSSR count). The van der Waals surface area contributed by atoms with Gasteiger partial charge in [0.15, 0.2) is 0 Å². The smallest absolute Gasteiger partial charge is 0.368 e. The first-order valence-corrected chi connectivity index (χ1v) is 32.4. The van der Waals surface area contributed by atoms with Gasteiger partial charge in [-0.2, -0.15) is 10.1 Å². The molecular formula is C74H71N7O17S. The Labute approximate surface area is 569 Å². The van der Waals surface area contributed by atoms with Gasteiger partial charge in [-0.25, -0.2) is 37.1 Å². The van der Waals surface area contributed by atoms with E-state index in [4.69, 9.17) is 29.3 Å². The molecule has 25 heteroatoms. The third-order valence-corrected chi connectivity index (χ3v) is 17.7. The van der Waals surface area contributed by atoms with Crippen molar-refractivity contribution < 1.29 is 76.7 Å². The largest absolute Gasteiger partial charge is 0.507 e. The number of esters is 2. The molecular weight excluding hydrogens is 1290 g/mol. The highest BCUT2D eigenvalue weighted by atomic mass is 32.2. The van der Waals surface area contributed by atoms with E-state index in [0.717, 1.165) is 49.3 Å². The number of oxime groups is 1. The maximum Gasteiger partial charge on any atom is 0.368 e. The molecule has 2 aromatic heterocycles. The molecule has 2 unspecified atom stereocenters. The zero-order valence-electron chi connectivity index (χ0n) is 55.6. The van der Waals surface area contributed by atoms with Crippen LogP contribution < -0.4 is 15.3 Å². The molecule has 2 atom stereocenters. The van der Waals surface area contributed by atoms with E-state index in [-0.39, 0.29) is 62.4 Å². The van der Waals surface area contributed by atoms with E-state index in [1.807, 2.05) is 83.1 Å². The van der Waals surface area contributed by atoms with Gasteiger partial charge in [0, 0.05) is 59.6 Å². The number of ether oxygens (including phenoxy) is 3. The number of carboxylic acid groups (broad SMARTS) is 2. The Morgan fingerprint density at radius 3 is 1.88 bits per heavy atom. The molecule has 1 amide bonds. The monoisotopic (exact) mass is 1360 g/mol. The second-order valence-electron chi connectivity index (χ2n) is 23.5. The normalized spacial score (nSPS) is 14.1. The molecule has 0 fully saturated rings. The van der Waals surface area contributed by atoms with Crippen LogP contribution in [0.25, 0.3) is 28.7 Å². The fourth-order valence-electron chi connectivity index (χ4n) is 10.9. The average molecular weight is 1360 g/mol. The van der Waals surface area contributed by atoms with Crippen molar-refractivity contribution in [1.82, 2.24) is 14.3 Å². The van der Waals surface area contributed by atoms with E-state index in [1.54, 1.807) is 56.9 Å². The number of hydrogen-bond acceptors (Lipinski definition) is 17. The van der Waals surface area contributed by atoms with Crippen LogP contribution in [0.1, 0.15) is 120 Å². The lowest BCUT2D eigenvalue weighted by atomic mass is 9.96. The van der Waals surface area contributed by atoms with Crippen LogP contribution in [0.3, 0.4) is 0 Å². The number of anilines is 2. The summed E-state index contributed by atoms with van der Waals surface area (Å²) in [5.41, 5.74) is 10.5. The molecule has 0 radical (unpaired) electrons. The molecule has 2 aliphatic rings. The first-order chi connectivity index (χ1) is 47.1. The number of rotatable bonds is 19. The molecule has 510 valence electrons. The quantitative estimate of drug-likeness (QED) is 0.0249. The van der Waals surface area contributed by atoms with Crippen LogP contribution in [-0.2, 0) is 49.9 Å². The lowest BCUT2D eigenvalue weighted by Gasteiger charge is -2.12. The van der Waals surface area contributed by atoms with Crippen LogP contribution in [0.2, 0.25) is 0 Å². The first-order valence-electron chi connectivity index (χ1n) is 30.9. The highest BCUT2D eigenvalue weighted by Crippen LogP contribution is 2.34. The van der Waals surface area contributed by atoms with Crippen molar-refractivity contribution in [2.75, 3.05) is 30.6 Å². The van der Waals surface area contributed by atoms with Crippen LogP contribution >= 0.6 is 0 Å². The number of fused-ring (bicyclic) bond motifs is 1. The predicted molar refractivity (Wildman–Crippen MR) is 372 cm³/mol. The van der Waals surface area contributed by atoms with Gasteiger partial charge in [0.2, 0.25) is 0 Å². The number of nitrogens with zero attached hydrogens (tertiary/aromatic N) is 5. The summed E-state index contributed by atoms with van der Waals surface area (Å²) in [6.07, 6.45) is 5.83. The molecule has 9 aromatic rings. The van der Waals surface area contributed by atoms with Gasteiger partial charge in [0.25, 0.3) is 21.5 Å². The van der Waals surface area contributed by atoms with Crippen LogP contribution in [0, 0.1) is 34.6 Å². The third kappa shape index (κ3) is 16.3. The number of hydrogen-bond donors (Lipinski definition) is 6. The fraction of sp³-hybridized carbons (Fsp3) is 0.203. The second-order valence-corrected chi connectivity index (χ2v) is 25.2. The van der Waals surface area contributed by atoms with Crippen molar-refractivity contribution in [2.24, 2.45) is 10.3 Å². The number of aromatic amines is 1. The van der Waals surface area contributed by atoms with Gasteiger partial charge in [0.05, 0.1) is 75.2 Å². The van der Waals surface area contributed by atoms with E-state index in [1.165, 1.54) is 103 Å². The number of aryl methyl sites for hydroxylation is 5. The fourth-order valence-corrected chi connectivity index (χ4v) is 12.0. The molecule has 7 aromatic carbocycles. The Balaban J connectivity index is 0.000000190. The number of carbonyl (C=O) groups is 6. The number of carbonyl (C=O) groups excluding carboxylic acids is 4. The van der Waals surface area contributed by atoms with Crippen LogP contribution in [0.5, 0.6) is 11.5 Å². The van der Waals surface area contributed by atoms with Crippen molar-refractivity contribution in [2.45, 2.75) is 85.3 Å². The number of amides is 1. The third-order valence-electron chi connectivity index (χ3n) is 16.3. The molecule has 6 N–H and O–H groups in total. The summed E-state index contributed by atoms with van der Waals surface area (Å²) < 4.78 is 47.2. The molecule has 0 bridgehead atoms. The summed E-state index contributed by atoms with van der Waals surface area (Å²) >= 11 is 0. The molecule has 0 saturated carbocycles. The minimum Gasteiger partial charge on any atom is -0.507 e. The average Bonchev–Trinajstić information content (AvgIpc) is 1.66. The van der Waals surface area contributed by atoms with E-state index in [9.17, 15) is 52.2 Å². The van der Waals surface area contributed by atoms with Crippen molar-refractivity contribution >= 4 is 91.6 Å². The summed E-state index contributed by atoms with van der Waals surface area (Å²) in [5, 5.41) is 51.5. The Bertz CT molecular complexity index is 4910. The minimum absolute atomic E-state index is 0.0850. The molecule has 99 heavy (non-hydrogen) atoms. The number of para-hydroxylation sites is 1. The van der Waals surface area contributed by atoms with Crippen molar-refractivity contribution in [1.29, 1.82) is 0 Å². The summed E-state index contributed by atoms with van der Waals surface area (Å²) in [4.78, 5) is 90.5. The van der Waals surface area contributed by atoms with Crippen molar-refractivity contribution in [3.05, 3.63) is 246 Å². The van der Waals surface area contributed by atoms with Gasteiger partial charge < -0.3 is 44.0 Å². The number of phenols is 2. The molecule has 2 aliphatic heterocycles. The number of nitrogens with one attached hydrogen (secondary N) is 2. The van der Waals surface area contributed by atoms with Gasteiger partial charge >= 0.3 is 29.8 Å². The molecule has 0 spiro atoms. The Hall–Kier alpha value is -12.0. The summed E-state index contributed by atoms with van der Waals surface area (Å²) in [6.45, 7) is 14.8. The first kappa shape index (κ1) is 71.3. The number of methoxy groups -OCH3 is 2. The van der Waals surface area contributed by atoms with Crippen molar-refractivity contribution in [3.63, 3.8) is 0 Å². The van der Waals surface area contributed by atoms with Crippen molar-refractivity contribution in [3.8, 4) is 17.2 Å². The minimum atomic E-state index is -4.07. The number of sulfonamides is 1. The standard InChI is InChI=1S/C34H33N3O9S.C23H18N4O6.C17H20O2/c1-21(43-3)16-17-45-33(39)24-8-7-9-27(18-24)47(41,42)36-26-14-12-23(13-15-26)31-29(34(40)46-35-31)19-25-20-37(22(2)32(38)44-4)30-11-6-5-10-28(25)30;1-12-18(20(28)26(24-12)16-7-3-14(4-8-16)22(30)31)11-19-13(2)25-27(21(19)29)17-9-5-15(6-10-17)23(32)33;1-10-5-12(3)16(18)14(7-10)9-15-8-11(2)6-13(4)17(15)19/h5-15,18-22,36H,16-17H2,1-4H3;3-11,24H,1-2H3,(H,30,31)(H,32,33);5-8,18-19H,9H2,1-4H3. The van der Waals surface area contributed by atoms with Gasteiger partial charge in [-0.05, 0) is 175 Å². The van der Waals surface area contributed by atoms with Gasteiger partial charge in [-0.3, -0.25) is 19.4 Å². The van der Waals surface area contributed by atoms with E-state index < -0.39 is 57.4 Å². The number of aromatic hydroxyl groups is 2. The summed E-state index contributed by atoms with van der Waals surface area (Å²) in [5.74, 6) is -3.67. The number of aromatic nitrogens is 3. The number of phenolic OH excluding ortho intramolecular Hbond substituents is 2. The maximum atomic E-state index is 13.2. The Morgan fingerprint density at radius 2 is 1.29 bits per heavy atom. The lowest BCUT2D eigenvalue weighted by molar-refractivity contribution is -0.144. The Morgan fingerprint density at radius 1 is 0.697 bits per heavy atom. The molecule has 24 nitrogen and oxygen atoms in total. The second kappa shape index (κ2) is 30.4. The topological polar surface area (TPSA) is 337 Å². The van der Waals surface area contributed by atoms with Crippen LogP contribution in [-0.4, -0.2) is 117 Å². The number of hydrazone groups is 1. The Kier molecular flexibility index (Phi) is 21.9. The molecule has 0 saturated heterocycles. The number of carboxylic acids is 2. The number of aromatic carboxylic acids is 2. The van der Waals surface area contributed by atoms with E-state index in [2.05, 4.69) is 20.1 Å². The maximum absolute atomic E-state index is 13.2.